The number of hydrogen-bond donors (Lipinski definition) is 1. The molecular formula is C23H24N4O7S. The summed E-state index contributed by atoms with van der Waals surface area (Å²) in [6, 6.07) is 8.75. The van der Waals surface area contributed by atoms with Crippen molar-refractivity contribution in [2.75, 3.05) is 39.3 Å². The summed E-state index contributed by atoms with van der Waals surface area (Å²) in [5.41, 5.74) is 2.09. The third kappa shape index (κ3) is 4.26. The zero-order valence-corrected chi connectivity index (χ0v) is 20.2. The van der Waals surface area contributed by atoms with E-state index in [9.17, 15) is 8.42 Å². The molecule has 0 spiro atoms. The molecule has 0 unspecified atom stereocenters. The third-order valence-electron chi connectivity index (χ3n) is 5.81. The zero-order valence-electron chi connectivity index (χ0n) is 19.3. The molecule has 1 aliphatic heterocycles. The predicted molar refractivity (Wildman–Crippen MR) is 126 cm³/mol. The van der Waals surface area contributed by atoms with Crippen LogP contribution in [0, 0.1) is 0 Å². The third-order valence-corrected chi connectivity index (χ3v) is 7.22. The Labute approximate surface area is 201 Å². The smallest absolute Gasteiger partial charge is 0.270 e. The van der Waals surface area contributed by atoms with E-state index in [0.29, 0.717) is 36.5 Å². The van der Waals surface area contributed by atoms with Crippen LogP contribution in [0.2, 0.25) is 0 Å². The van der Waals surface area contributed by atoms with Gasteiger partial charge in [-0.3, -0.25) is 9.40 Å². The van der Waals surface area contributed by atoms with E-state index in [2.05, 4.69) is 15.0 Å². The molecule has 4 aromatic rings. The molecule has 0 amide bonds. The van der Waals surface area contributed by atoms with Gasteiger partial charge in [0.15, 0.2) is 16.3 Å². The van der Waals surface area contributed by atoms with Gasteiger partial charge >= 0.3 is 0 Å². The Bertz CT molecular complexity index is 1440. The summed E-state index contributed by atoms with van der Waals surface area (Å²) in [5, 5.41) is 8.56. The van der Waals surface area contributed by atoms with E-state index in [0.717, 1.165) is 11.1 Å². The second kappa shape index (κ2) is 9.12. The number of benzene rings is 2. The molecule has 1 saturated heterocycles. The lowest BCUT2D eigenvalue weighted by Gasteiger charge is -2.27. The highest BCUT2D eigenvalue weighted by Crippen LogP contribution is 2.41. The number of nitrogens with zero attached hydrogens (tertiary/aromatic N) is 3. The fraction of sp³-hybridized carbons (Fsp3) is 0.304. The molecule has 1 fully saturated rings. The first-order chi connectivity index (χ1) is 16.9. The second-order valence-electron chi connectivity index (χ2n) is 8.00. The fourth-order valence-corrected chi connectivity index (χ4v) is 5.31. The summed E-state index contributed by atoms with van der Waals surface area (Å²) in [6.07, 6.45) is 3.52. The molecule has 11 nitrogen and oxygen atoms in total. The lowest BCUT2D eigenvalue weighted by molar-refractivity contribution is 0.00825. The summed E-state index contributed by atoms with van der Waals surface area (Å²) in [7, 11) is 0.116. The maximum atomic E-state index is 13.5. The summed E-state index contributed by atoms with van der Waals surface area (Å²) < 4.78 is 58.4. The molecule has 2 aromatic heterocycles. The highest BCUT2D eigenvalue weighted by atomic mass is 32.2. The van der Waals surface area contributed by atoms with Gasteiger partial charge in [0, 0.05) is 18.3 Å². The molecule has 0 atom stereocenters. The first-order valence-electron chi connectivity index (χ1n) is 10.7. The summed E-state index contributed by atoms with van der Waals surface area (Å²) >= 11 is 0. The van der Waals surface area contributed by atoms with Crippen LogP contribution in [0.3, 0.4) is 0 Å². The standard InChI is InChI=1S/C23H24N4O7S/c1-30-17-7-14(11-27-6-4-5-24-27)8-18-21(17)23(25-34-18)26-35(28,29)22-19(31-2)9-15(10-20(22)32-3)16-12-33-13-16/h4-10,16H,11-13H2,1-3H3,(H,25,26). The molecule has 2 aromatic carbocycles. The topological polar surface area (TPSA) is 127 Å². The van der Waals surface area contributed by atoms with Gasteiger partial charge in [0.05, 0.1) is 41.1 Å². The molecule has 5 rings (SSSR count). The van der Waals surface area contributed by atoms with Crippen LogP contribution in [0.4, 0.5) is 5.82 Å². The van der Waals surface area contributed by atoms with Crippen LogP contribution >= 0.6 is 0 Å². The number of fused-ring (bicyclic) bond motifs is 1. The minimum Gasteiger partial charge on any atom is -0.496 e. The van der Waals surface area contributed by atoms with Crippen molar-refractivity contribution in [3.05, 3.63) is 53.9 Å². The highest BCUT2D eigenvalue weighted by Gasteiger charge is 2.31. The van der Waals surface area contributed by atoms with Gasteiger partial charge in [0.25, 0.3) is 10.0 Å². The number of ether oxygens (including phenoxy) is 4. The van der Waals surface area contributed by atoms with Gasteiger partial charge in [-0.05, 0) is 41.5 Å². The van der Waals surface area contributed by atoms with Crippen LogP contribution in [-0.4, -0.2) is 57.9 Å². The van der Waals surface area contributed by atoms with Gasteiger partial charge < -0.3 is 23.5 Å². The summed E-state index contributed by atoms with van der Waals surface area (Å²) in [5.74, 6) is 0.855. The fourth-order valence-electron chi connectivity index (χ4n) is 4.00. The van der Waals surface area contributed by atoms with Gasteiger partial charge in [-0.25, -0.2) is 8.42 Å². The molecule has 0 radical (unpaired) electrons. The maximum absolute atomic E-state index is 13.5. The molecule has 0 bridgehead atoms. The van der Waals surface area contributed by atoms with Crippen molar-refractivity contribution in [2.45, 2.75) is 17.4 Å². The first-order valence-corrected chi connectivity index (χ1v) is 12.2. The van der Waals surface area contributed by atoms with Crippen molar-refractivity contribution in [1.29, 1.82) is 0 Å². The molecule has 184 valence electrons. The minimum absolute atomic E-state index is 0.0111. The lowest BCUT2D eigenvalue weighted by Crippen LogP contribution is -2.25. The normalized spacial score (nSPS) is 14.0. The number of nitrogens with one attached hydrogen (secondary N) is 1. The van der Waals surface area contributed by atoms with Gasteiger partial charge in [-0.15, -0.1) is 0 Å². The van der Waals surface area contributed by atoms with E-state index in [1.54, 1.807) is 35.1 Å². The largest absolute Gasteiger partial charge is 0.496 e. The van der Waals surface area contributed by atoms with Crippen LogP contribution in [0.1, 0.15) is 17.0 Å². The van der Waals surface area contributed by atoms with Crippen LogP contribution < -0.4 is 18.9 Å². The van der Waals surface area contributed by atoms with Gasteiger partial charge in [0.2, 0.25) is 0 Å². The lowest BCUT2D eigenvalue weighted by atomic mass is 9.97. The number of hydrogen-bond acceptors (Lipinski definition) is 9. The molecule has 0 saturated carbocycles. The summed E-state index contributed by atoms with van der Waals surface area (Å²) in [4.78, 5) is -0.142. The molecule has 35 heavy (non-hydrogen) atoms. The second-order valence-corrected chi connectivity index (χ2v) is 9.62. The van der Waals surface area contributed by atoms with E-state index in [4.69, 9.17) is 23.5 Å². The average Bonchev–Trinajstić information content (AvgIpc) is 3.46. The van der Waals surface area contributed by atoms with Gasteiger partial charge in [-0.2, -0.15) is 5.10 Å². The minimum atomic E-state index is -4.19. The Hall–Kier alpha value is -3.77. The van der Waals surface area contributed by atoms with Crippen LogP contribution in [0.25, 0.3) is 11.0 Å². The average molecular weight is 501 g/mol. The number of aromatic nitrogens is 3. The van der Waals surface area contributed by atoms with E-state index in [1.165, 1.54) is 21.3 Å². The molecule has 12 heteroatoms. The van der Waals surface area contributed by atoms with Crippen molar-refractivity contribution < 1.29 is 31.9 Å². The monoisotopic (exact) mass is 500 g/mol. The SMILES string of the molecule is COc1cc(C2COC2)cc(OC)c1S(=O)(=O)Nc1noc2cc(Cn3cccn3)cc(OC)c12. The molecular weight excluding hydrogens is 476 g/mol. The molecule has 1 N–H and O–H groups in total. The van der Waals surface area contributed by atoms with Crippen LogP contribution in [-0.2, 0) is 21.3 Å². The van der Waals surface area contributed by atoms with E-state index in [1.807, 2.05) is 12.3 Å². The van der Waals surface area contributed by atoms with Crippen molar-refractivity contribution in [1.82, 2.24) is 14.9 Å². The quantitative estimate of drug-likeness (QED) is 0.369. The van der Waals surface area contributed by atoms with Crippen molar-refractivity contribution in [3.8, 4) is 17.2 Å². The Morgan fingerprint density at radius 3 is 2.34 bits per heavy atom. The first kappa shape index (κ1) is 23.0. The number of methoxy groups -OCH3 is 3. The Morgan fingerprint density at radius 2 is 1.77 bits per heavy atom. The van der Waals surface area contributed by atoms with Crippen LogP contribution in [0.5, 0.6) is 17.2 Å². The van der Waals surface area contributed by atoms with E-state index >= 15 is 0 Å². The molecule has 0 aliphatic carbocycles. The van der Waals surface area contributed by atoms with E-state index in [-0.39, 0.29) is 28.1 Å². The van der Waals surface area contributed by atoms with Gasteiger partial charge in [0.1, 0.15) is 22.6 Å². The molecule has 1 aliphatic rings. The Morgan fingerprint density at radius 1 is 1.06 bits per heavy atom. The summed E-state index contributed by atoms with van der Waals surface area (Å²) in [6.45, 7) is 1.60. The maximum Gasteiger partial charge on any atom is 0.270 e. The van der Waals surface area contributed by atoms with Crippen LogP contribution in [0.15, 0.2) is 52.1 Å². The van der Waals surface area contributed by atoms with Crippen molar-refractivity contribution in [2.24, 2.45) is 0 Å². The van der Waals surface area contributed by atoms with Gasteiger partial charge in [-0.1, -0.05) is 5.16 Å². The predicted octanol–water partition coefficient (Wildman–Crippen LogP) is 3.01. The Kier molecular flexibility index (Phi) is 5.99. The highest BCUT2D eigenvalue weighted by molar-refractivity contribution is 7.93. The van der Waals surface area contributed by atoms with Crippen molar-refractivity contribution >= 4 is 26.8 Å². The number of anilines is 1. The molecule has 3 heterocycles. The Balaban J connectivity index is 1.53. The van der Waals surface area contributed by atoms with E-state index < -0.39 is 10.0 Å². The zero-order chi connectivity index (χ0) is 24.6. The number of rotatable bonds is 9. The number of sulfonamides is 1. The van der Waals surface area contributed by atoms with Crippen molar-refractivity contribution in [3.63, 3.8) is 0 Å².